The fraction of sp³-hybridized carbons (Fsp3) is 0.190. The van der Waals surface area contributed by atoms with E-state index in [9.17, 15) is 9.18 Å². The molecule has 2 aromatic heterocycles. The molecule has 0 bridgehead atoms. The molecule has 0 atom stereocenters. The molecule has 2 heterocycles. The first-order valence-electron chi connectivity index (χ1n) is 8.53. The van der Waals surface area contributed by atoms with Crippen LogP contribution in [-0.2, 0) is 24.3 Å². The second-order valence-electron chi connectivity index (χ2n) is 6.11. The van der Waals surface area contributed by atoms with Gasteiger partial charge in [0, 0.05) is 37.9 Å². The Morgan fingerprint density at radius 2 is 1.78 bits per heavy atom. The Balaban J connectivity index is 1.78. The fourth-order valence-electron chi connectivity index (χ4n) is 2.76. The molecule has 0 spiro atoms. The number of hydrogen-bond acceptors (Lipinski definition) is 4. The van der Waals surface area contributed by atoms with Crippen molar-refractivity contribution in [2.75, 3.05) is 7.11 Å². The average molecular weight is 365 g/mol. The van der Waals surface area contributed by atoms with Gasteiger partial charge in [-0.05, 0) is 47.0 Å². The van der Waals surface area contributed by atoms with Gasteiger partial charge in [0.1, 0.15) is 0 Å². The third-order valence-electron chi connectivity index (χ3n) is 4.14. The molecule has 0 unspecified atom stereocenters. The van der Waals surface area contributed by atoms with E-state index in [0.717, 1.165) is 11.1 Å². The minimum atomic E-state index is -0.476. The van der Waals surface area contributed by atoms with Gasteiger partial charge in [-0.2, -0.15) is 0 Å². The van der Waals surface area contributed by atoms with Crippen molar-refractivity contribution >= 4 is 5.91 Å². The predicted molar refractivity (Wildman–Crippen MR) is 99.4 cm³/mol. The molecule has 0 aliphatic carbocycles. The minimum absolute atomic E-state index is 0.0970. The average Bonchev–Trinajstić information content (AvgIpc) is 2.69. The molecule has 3 aromatic rings. The number of pyridine rings is 2. The number of aromatic nitrogens is 2. The molecule has 1 aromatic carbocycles. The highest BCUT2D eigenvalue weighted by atomic mass is 19.1. The van der Waals surface area contributed by atoms with E-state index < -0.39 is 5.82 Å². The number of ether oxygens (including phenoxy) is 1. The van der Waals surface area contributed by atoms with Gasteiger partial charge in [-0.3, -0.25) is 14.8 Å². The van der Waals surface area contributed by atoms with E-state index in [1.54, 1.807) is 35.8 Å². The molecule has 1 amide bonds. The van der Waals surface area contributed by atoms with Crippen LogP contribution in [-0.4, -0.2) is 27.9 Å². The first-order chi connectivity index (χ1) is 13.2. The van der Waals surface area contributed by atoms with Crippen LogP contribution in [0, 0.1) is 5.82 Å². The van der Waals surface area contributed by atoms with Crippen molar-refractivity contribution < 1.29 is 13.9 Å². The van der Waals surface area contributed by atoms with Gasteiger partial charge in [0.25, 0.3) is 0 Å². The molecule has 0 aliphatic heterocycles. The third kappa shape index (κ3) is 5.10. The zero-order valence-electron chi connectivity index (χ0n) is 15.0. The van der Waals surface area contributed by atoms with E-state index in [1.807, 2.05) is 24.3 Å². The molecule has 0 N–H and O–H groups in total. The molecule has 0 fully saturated rings. The molecule has 5 nitrogen and oxygen atoms in total. The number of methoxy groups -OCH3 is 1. The van der Waals surface area contributed by atoms with Crippen LogP contribution >= 0.6 is 0 Å². The van der Waals surface area contributed by atoms with Crippen LogP contribution in [0.2, 0.25) is 0 Å². The quantitative estimate of drug-likeness (QED) is 0.644. The summed E-state index contributed by atoms with van der Waals surface area (Å²) in [6.07, 6.45) is 6.92. The van der Waals surface area contributed by atoms with Crippen LogP contribution in [0.3, 0.4) is 0 Å². The van der Waals surface area contributed by atoms with Crippen molar-refractivity contribution in [3.8, 4) is 5.75 Å². The topological polar surface area (TPSA) is 55.3 Å². The summed E-state index contributed by atoms with van der Waals surface area (Å²) >= 11 is 0. The zero-order chi connectivity index (χ0) is 19.1. The van der Waals surface area contributed by atoms with Crippen molar-refractivity contribution in [1.82, 2.24) is 14.9 Å². The number of amides is 1. The minimum Gasteiger partial charge on any atom is -0.494 e. The summed E-state index contributed by atoms with van der Waals surface area (Å²) in [5.74, 6) is -0.411. The van der Waals surface area contributed by atoms with Crippen molar-refractivity contribution in [3.63, 3.8) is 0 Å². The van der Waals surface area contributed by atoms with Gasteiger partial charge in [0.15, 0.2) is 11.6 Å². The van der Waals surface area contributed by atoms with Gasteiger partial charge in [0.05, 0.1) is 13.5 Å². The first-order valence-corrected chi connectivity index (χ1v) is 8.53. The van der Waals surface area contributed by atoms with Gasteiger partial charge in [-0.1, -0.05) is 12.1 Å². The highest BCUT2D eigenvalue weighted by Gasteiger charge is 2.16. The normalized spacial score (nSPS) is 10.4. The molecule has 0 saturated carbocycles. The second-order valence-corrected chi connectivity index (χ2v) is 6.11. The highest BCUT2D eigenvalue weighted by Crippen LogP contribution is 2.19. The Morgan fingerprint density at radius 1 is 1.00 bits per heavy atom. The van der Waals surface area contributed by atoms with Crippen molar-refractivity contribution in [3.05, 3.63) is 89.8 Å². The molecule has 0 radical (unpaired) electrons. The zero-order valence-corrected chi connectivity index (χ0v) is 15.0. The lowest BCUT2D eigenvalue weighted by Gasteiger charge is -2.23. The van der Waals surface area contributed by atoms with Crippen LogP contribution in [0.4, 0.5) is 4.39 Å². The molecule has 0 saturated heterocycles. The molecule has 138 valence electrons. The second kappa shape index (κ2) is 8.89. The van der Waals surface area contributed by atoms with E-state index in [4.69, 9.17) is 4.74 Å². The summed E-state index contributed by atoms with van der Waals surface area (Å²) in [5, 5.41) is 0. The molecule has 0 aliphatic rings. The maximum absolute atomic E-state index is 13.9. The van der Waals surface area contributed by atoms with Gasteiger partial charge < -0.3 is 9.64 Å². The number of rotatable bonds is 7. The maximum Gasteiger partial charge on any atom is 0.227 e. The molecule has 27 heavy (non-hydrogen) atoms. The van der Waals surface area contributed by atoms with Crippen LogP contribution in [0.1, 0.15) is 16.7 Å². The van der Waals surface area contributed by atoms with E-state index in [-0.39, 0.29) is 18.1 Å². The standard InChI is InChI=1S/C21H20FN3O2/c1-27-20-5-4-17(11-19(20)22)12-21(26)25(14-16-6-9-23-10-7-16)15-18-3-2-8-24-13-18/h2-11,13H,12,14-15H2,1H3. The van der Waals surface area contributed by atoms with Gasteiger partial charge >= 0.3 is 0 Å². The lowest BCUT2D eigenvalue weighted by atomic mass is 10.1. The Bertz CT molecular complexity index is 847. The Labute approximate surface area is 157 Å². The highest BCUT2D eigenvalue weighted by molar-refractivity contribution is 5.78. The van der Waals surface area contributed by atoms with E-state index in [2.05, 4.69) is 9.97 Å². The third-order valence-corrected chi connectivity index (χ3v) is 4.14. The summed E-state index contributed by atoms with van der Waals surface area (Å²) in [6, 6.07) is 12.1. The van der Waals surface area contributed by atoms with Crippen LogP contribution < -0.4 is 4.74 Å². The summed E-state index contributed by atoms with van der Waals surface area (Å²) in [5.41, 5.74) is 2.51. The first kappa shape index (κ1) is 18.5. The largest absolute Gasteiger partial charge is 0.494 e. The van der Waals surface area contributed by atoms with Gasteiger partial charge in [-0.15, -0.1) is 0 Å². The Hall–Kier alpha value is -3.28. The van der Waals surface area contributed by atoms with Crippen LogP contribution in [0.25, 0.3) is 0 Å². The lowest BCUT2D eigenvalue weighted by molar-refractivity contribution is -0.131. The van der Waals surface area contributed by atoms with Gasteiger partial charge in [-0.25, -0.2) is 4.39 Å². The molecular weight excluding hydrogens is 345 g/mol. The molecule has 3 rings (SSSR count). The Morgan fingerprint density at radius 3 is 2.44 bits per heavy atom. The molecule has 6 heteroatoms. The smallest absolute Gasteiger partial charge is 0.227 e. The van der Waals surface area contributed by atoms with Crippen LogP contribution in [0.5, 0.6) is 5.75 Å². The van der Waals surface area contributed by atoms with Crippen molar-refractivity contribution in [2.45, 2.75) is 19.5 Å². The summed E-state index contributed by atoms with van der Waals surface area (Å²) in [4.78, 5) is 22.8. The Kier molecular flexibility index (Phi) is 6.10. The van der Waals surface area contributed by atoms with E-state index in [0.29, 0.717) is 18.7 Å². The number of carbonyl (C=O) groups excluding carboxylic acids is 1. The summed E-state index contributed by atoms with van der Waals surface area (Å²) in [6.45, 7) is 0.864. The lowest BCUT2D eigenvalue weighted by Crippen LogP contribution is -2.31. The van der Waals surface area contributed by atoms with Crippen molar-refractivity contribution in [2.24, 2.45) is 0 Å². The maximum atomic E-state index is 13.9. The summed E-state index contributed by atoms with van der Waals surface area (Å²) in [7, 11) is 1.41. The number of hydrogen-bond donors (Lipinski definition) is 0. The van der Waals surface area contributed by atoms with E-state index >= 15 is 0 Å². The van der Waals surface area contributed by atoms with E-state index in [1.165, 1.54) is 19.2 Å². The van der Waals surface area contributed by atoms with Crippen molar-refractivity contribution in [1.29, 1.82) is 0 Å². The fourth-order valence-corrected chi connectivity index (χ4v) is 2.76. The molecular formula is C21H20FN3O2. The predicted octanol–water partition coefficient (Wildman–Crippen LogP) is 3.40. The van der Waals surface area contributed by atoms with Gasteiger partial charge in [0.2, 0.25) is 5.91 Å². The number of carbonyl (C=O) groups is 1. The number of nitrogens with zero attached hydrogens (tertiary/aromatic N) is 3. The van der Waals surface area contributed by atoms with Crippen LogP contribution in [0.15, 0.2) is 67.3 Å². The monoisotopic (exact) mass is 365 g/mol. The summed E-state index contributed by atoms with van der Waals surface area (Å²) < 4.78 is 18.9. The SMILES string of the molecule is COc1ccc(CC(=O)N(Cc2ccncc2)Cc2cccnc2)cc1F. The number of halogens is 1. The number of benzene rings is 1.